The van der Waals surface area contributed by atoms with E-state index in [1.807, 2.05) is 6.07 Å². The molecule has 5 heteroatoms. The monoisotopic (exact) mass is 302 g/mol. The first kappa shape index (κ1) is 12.3. The summed E-state index contributed by atoms with van der Waals surface area (Å²) in [6.07, 6.45) is 2.14. The van der Waals surface area contributed by atoms with Gasteiger partial charge in [-0.1, -0.05) is 0 Å². The third kappa shape index (κ3) is 2.73. The van der Waals surface area contributed by atoms with Gasteiger partial charge in [0.1, 0.15) is 5.75 Å². The van der Waals surface area contributed by atoms with Gasteiger partial charge in [-0.15, -0.1) is 0 Å². The zero-order valence-electron chi connectivity index (χ0n) is 9.13. The number of nitriles is 1. The van der Waals surface area contributed by atoms with Crippen molar-refractivity contribution >= 4 is 22.2 Å². The highest BCUT2D eigenvalue weighted by Crippen LogP contribution is 2.27. The molecule has 88 valence electrons. The molecule has 1 aromatic carbocycles. The standard InChI is InChI=1S/C13H7BrN2O2/c14-12-5-10(8-17)7-16-13(12)18-11-3-1-9(6-15)2-4-11/h1-5,7-8H. The van der Waals surface area contributed by atoms with Gasteiger partial charge < -0.3 is 4.74 Å². The molecule has 0 unspecified atom stereocenters. The summed E-state index contributed by atoms with van der Waals surface area (Å²) < 4.78 is 6.12. The van der Waals surface area contributed by atoms with Gasteiger partial charge in [-0.2, -0.15) is 5.26 Å². The Balaban J connectivity index is 2.23. The Morgan fingerprint density at radius 2 is 2.06 bits per heavy atom. The molecular weight excluding hydrogens is 296 g/mol. The number of halogens is 1. The van der Waals surface area contributed by atoms with Gasteiger partial charge in [-0.05, 0) is 46.3 Å². The Labute approximate surface area is 112 Å². The van der Waals surface area contributed by atoms with E-state index >= 15 is 0 Å². The molecule has 0 bridgehead atoms. The summed E-state index contributed by atoms with van der Waals surface area (Å²) in [5.74, 6) is 0.936. The molecule has 1 aromatic heterocycles. The molecule has 2 aromatic rings. The van der Waals surface area contributed by atoms with Gasteiger partial charge in [-0.3, -0.25) is 4.79 Å². The molecular formula is C13H7BrN2O2. The number of pyridine rings is 1. The van der Waals surface area contributed by atoms with Gasteiger partial charge in [0.2, 0.25) is 5.88 Å². The molecule has 0 spiro atoms. The van der Waals surface area contributed by atoms with E-state index in [1.54, 1.807) is 30.3 Å². The molecule has 0 radical (unpaired) electrons. The number of rotatable bonds is 3. The fourth-order valence-corrected chi connectivity index (χ4v) is 1.74. The third-order valence-corrected chi connectivity index (χ3v) is 2.73. The minimum Gasteiger partial charge on any atom is -0.438 e. The van der Waals surface area contributed by atoms with Crippen LogP contribution in [0.3, 0.4) is 0 Å². The van der Waals surface area contributed by atoms with Crippen LogP contribution in [-0.4, -0.2) is 11.3 Å². The minimum atomic E-state index is 0.366. The number of ether oxygens (including phenoxy) is 1. The summed E-state index contributed by atoms with van der Waals surface area (Å²) in [5.41, 5.74) is 1.03. The highest BCUT2D eigenvalue weighted by molar-refractivity contribution is 9.10. The van der Waals surface area contributed by atoms with Crippen LogP contribution in [0.2, 0.25) is 0 Å². The van der Waals surface area contributed by atoms with Gasteiger partial charge >= 0.3 is 0 Å². The number of aldehydes is 1. The molecule has 0 N–H and O–H groups in total. The van der Waals surface area contributed by atoms with Gasteiger partial charge in [0.25, 0.3) is 0 Å². The zero-order chi connectivity index (χ0) is 13.0. The highest BCUT2D eigenvalue weighted by atomic mass is 79.9. The van der Waals surface area contributed by atoms with Crippen molar-refractivity contribution in [2.24, 2.45) is 0 Å². The van der Waals surface area contributed by atoms with Crippen molar-refractivity contribution in [3.63, 3.8) is 0 Å². The highest BCUT2D eigenvalue weighted by Gasteiger charge is 2.05. The molecule has 0 amide bonds. The van der Waals surface area contributed by atoms with Crippen molar-refractivity contribution < 1.29 is 9.53 Å². The number of carbonyl (C=O) groups is 1. The van der Waals surface area contributed by atoms with E-state index in [2.05, 4.69) is 20.9 Å². The quantitative estimate of drug-likeness (QED) is 0.816. The fourth-order valence-electron chi connectivity index (χ4n) is 1.29. The first-order chi connectivity index (χ1) is 8.72. The minimum absolute atomic E-state index is 0.366. The number of aromatic nitrogens is 1. The lowest BCUT2D eigenvalue weighted by atomic mass is 10.2. The Hall–Kier alpha value is -2.19. The van der Waals surface area contributed by atoms with Crippen molar-refractivity contribution in [3.05, 3.63) is 52.1 Å². The summed E-state index contributed by atoms with van der Waals surface area (Å²) in [5, 5.41) is 8.68. The Morgan fingerprint density at radius 3 is 2.61 bits per heavy atom. The topological polar surface area (TPSA) is 63.0 Å². The van der Waals surface area contributed by atoms with E-state index in [4.69, 9.17) is 10.00 Å². The van der Waals surface area contributed by atoms with Gasteiger partial charge in [-0.25, -0.2) is 4.98 Å². The Bertz CT molecular complexity index is 618. The number of benzene rings is 1. The maximum Gasteiger partial charge on any atom is 0.233 e. The van der Waals surface area contributed by atoms with E-state index in [0.717, 1.165) is 0 Å². The Morgan fingerprint density at radius 1 is 1.33 bits per heavy atom. The maximum absolute atomic E-state index is 10.6. The van der Waals surface area contributed by atoms with Gasteiger partial charge in [0.05, 0.1) is 16.1 Å². The normalized spacial score (nSPS) is 9.56. The average Bonchev–Trinajstić information content (AvgIpc) is 2.42. The lowest BCUT2D eigenvalue weighted by molar-refractivity contribution is 0.112. The molecule has 0 aliphatic heterocycles. The van der Waals surface area contributed by atoms with Crippen LogP contribution in [-0.2, 0) is 0 Å². The fraction of sp³-hybridized carbons (Fsp3) is 0. The molecule has 4 nitrogen and oxygen atoms in total. The lowest BCUT2D eigenvalue weighted by Gasteiger charge is -2.06. The van der Waals surface area contributed by atoms with Crippen LogP contribution < -0.4 is 4.74 Å². The van der Waals surface area contributed by atoms with Crippen molar-refractivity contribution in [1.82, 2.24) is 4.98 Å². The summed E-state index contributed by atoms with van der Waals surface area (Å²) >= 11 is 3.27. The van der Waals surface area contributed by atoms with Crippen LogP contribution in [0, 0.1) is 11.3 Å². The van der Waals surface area contributed by atoms with E-state index in [9.17, 15) is 4.79 Å². The second-order valence-electron chi connectivity index (χ2n) is 3.41. The van der Waals surface area contributed by atoms with Crippen LogP contribution in [0.4, 0.5) is 0 Å². The lowest BCUT2D eigenvalue weighted by Crippen LogP contribution is -1.91. The van der Waals surface area contributed by atoms with E-state index in [-0.39, 0.29) is 0 Å². The Kier molecular flexibility index (Phi) is 3.70. The molecule has 0 saturated heterocycles. The van der Waals surface area contributed by atoms with Crippen molar-refractivity contribution in [1.29, 1.82) is 5.26 Å². The van der Waals surface area contributed by atoms with Crippen LogP contribution in [0.25, 0.3) is 0 Å². The zero-order valence-corrected chi connectivity index (χ0v) is 10.7. The van der Waals surface area contributed by atoms with Crippen LogP contribution in [0.15, 0.2) is 41.0 Å². The first-order valence-electron chi connectivity index (χ1n) is 5.01. The molecule has 0 aliphatic carbocycles. The number of hydrogen-bond donors (Lipinski definition) is 0. The second-order valence-corrected chi connectivity index (χ2v) is 4.27. The maximum atomic E-state index is 10.6. The van der Waals surface area contributed by atoms with Crippen molar-refractivity contribution in [2.75, 3.05) is 0 Å². The van der Waals surface area contributed by atoms with E-state index < -0.39 is 0 Å². The van der Waals surface area contributed by atoms with Crippen LogP contribution in [0.1, 0.15) is 15.9 Å². The predicted octanol–water partition coefficient (Wildman–Crippen LogP) is 3.32. The SMILES string of the molecule is N#Cc1ccc(Oc2ncc(C=O)cc2Br)cc1. The number of carbonyl (C=O) groups excluding carboxylic acids is 1. The number of hydrogen-bond acceptors (Lipinski definition) is 4. The molecule has 0 fully saturated rings. The third-order valence-electron chi connectivity index (χ3n) is 2.16. The van der Waals surface area contributed by atoms with Gasteiger partial charge in [0.15, 0.2) is 6.29 Å². The summed E-state index contributed by atoms with van der Waals surface area (Å²) in [6.45, 7) is 0. The van der Waals surface area contributed by atoms with Crippen molar-refractivity contribution in [3.8, 4) is 17.7 Å². The first-order valence-corrected chi connectivity index (χ1v) is 5.81. The summed E-state index contributed by atoms with van der Waals surface area (Å²) in [4.78, 5) is 14.6. The smallest absolute Gasteiger partial charge is 0.233 e. The molecule has 0 aliphatic rings. The summed E-state index contributed by atoms with van der Waals surface area (Å²) in [6, 6.07) is 10.3. The van der Waals surface area contributed by atoms with E-state index in [0.29, 0.717) is 33.5 Å². The van der Waals surface area contributed by atoms with Crippen molar-refractivity contribution in [2.45, 2.75) is 0 Å². The largest absolute Gasteiger partial charge is 0.438 e. The molecule has 0 saturated carbocycles. The van der Waals surface area contributed by atoms with Gasteiger partial charge in [0, 0.05) is 11.8 Å². The number of nitrogens with zero attached hydrogens (tertiary/aromatic N) is 2. The average molecular weight is 303 g/mol. The molecule has 1 heterocycles. The molecule has 0 atom stereocenters. The molecule has 18 heavy (non-hydrogen) atoms. The van der Waals surface area contributed by atoms with E-state index in [1.165, 1.54) is 6.20 Å². The molecule has 2 rings (SSSR count). The predicted molar refractivity (Wildman–Crippen MR) is 68.6 cm³/mol. The van der Waals surface area contributed by atoms with Crippen LogP contribution >= 0.6 is 15.9 Å². The van der Waals surface area contributed by atoms with Crippen LogP contribution in [0.5, 0.6) is 11.6 Å². The summed E-state index contributed by atoms with van der Waals surface area (Å²) in [7, 11) is 0. The second kappa shape index (κ2) is 5.43.